The minimum absolute atomic E-state index is 0.0735. The molecule has 0 spiro atoms. The number of para-hydroxylation sites is 1. The molecular formula is C28H17F2N3O. The van der Waals surface area contributed by atoms with Crippen LogP contribution in [0, 0.1) is 11.8 Å². The largest absolute Gasteiger partial charge is 0.439 e. The van der Waals surface area contributed by atoms with Gasteiger partial charge in [-0.2, -0.15) is 9.37 Å². The van der Waals surface area contributed by atoms with Crippen molar-refractivity contribution in [1.82, 2.24) is 14.5 Å². The first-order chi connectivity index (χ1) is 16.7. The van der Waals surface area contributed by atoms with Crippen molar-refractivity contribution in [2.45, 2.75) is 0 Å². The molecule has 0 amide bonds. The summed E-state index contributed by atoms with van der Waals surface area (Å²) in [6, 6.07) is 28.8. The lowest BCUT2D eigenvalue weighted by atomic mass is 10.0. The minimum atomic E-state index is -0.738. The molecule has 0 aliphatic carbocycles. The van der Waals surface area contributed by atoms with E-state index >= 15 is 0 Å². The molecule has 4 nitrogen and oxygen atoms in total. The summed E-state index contributed by atoms with van der Waals surface area (Å²) in [5.74, 6) is -0.258. The first-order valence-corrected chi connectivity index (χ1v) is 10.7. The van der Waals surface area contributed by atoms with E-state index in [0.29, 0.717) is 11.6 Å². The summed E-state index contributed by atoms with van der Waals surface area (Å²) in [6.07, 6.45) is 1.67. The molecule has 164 valence electrons. The molecule has 6 aromatic rings. The highest BCUT2D eigenvalue weighted by atomic mass is 19.1. The van der Waals surface area contributed by atoms with E-state index in [1.54, 1.807) is 16.8 Å². The van der Waals surface area contributed by atoms with Crippen molar-refractivity contribution in [3.63, 3.8) is 0 Å². The van der Waals surface area contributed by atoms with E-state index in [4.69, 9.17) is 4.74 Å². The van der Waals surface area contributed by atoms with Crippen molar-refractivity contribution in [1.29, 1.82) is 0 Å². The van der Waals surface area contributed by atoms with E-state index in [1.165, 1.54) is 0 Å². The average molecular weight is 449 g/mol. The number of benzene rings is 3. The highest BCUT2D eigenvalue weighted by Crippen LogP contribution is 2.35. The Morgan fingerprint density at radius 1 is 0.676 bits per heavy atom. The smallest absolute Gasteiger partial charge is 0.219 e. The van der Waals surface area contributed by atoms with Gasteiger partial charge in [0.25, 0.3) is 0 Å². The van der Waals surface area contributed by atoms with Crippen molar-refractivity contribution in [2.24, 2.45) is 0 Å². The van der Waals surface area contributed by atoms with Gasteiger partial charge in [0.1, 0.15) is 5.75 Å². The minimum Gasteiger partial charge on any atom is -0.439 e. The van der Waals surface area contributed by atoms with Crippen LogP contribution in [0.4, 0.5) is 8.78 Å². The van der Waals surface area contributed by atoms with Crippen LogP contribution in [-0.4, -0.2) is 14.5 Å². The second kappa shape index (κ2) is 8.08. The number of nitrogens with zero attached hydrogens (tertiary/aromatic N) is 3. The van der Waals surface area contributed by atoms with E-state index in [9.17, 15) is 8.78 Å². The fourth-order valence-corrected chi connectivity index (χ4v) is 4.21. The highest BCUT2D eigenvalue weighted by molar-refractivity contribution is 6.10. The quantitative estimate of drug-likeness (QED) is 0.265. The van der Waals surface area contributed by atoms with Crippen LogP contribution >= 0.6 is 0 Å². The molecular weight excluding hydrogens is 432 g/mol. The lowest BCUT2D eigenvalue weighted by Gasteiger charge is -2.10. The summed E-state index contributed by atoms with van der Waals surface area (Å²) in [4.78, 5) is 8.08. The number of aromatic nitrogens is 3. The van der Waals surface area contributed by atoms with Crippen molar-refractivity contribution in [3.05, 3.63) is 115 Å². The number of rotatable bonds is 4. The van der Waals surface area contributed by atoms with Gasteiger partial charge in [0.2, 0.25) is 11.8 Å². The van der Waals surface area contributed by atoms with Gasteiger partial charge in [0, 0.05) is 23.0 Å². The molecule has 0 atom stereocenters. The Kier molecular flexibility index (Phi) is 4.77. The molecule has 6 heteroatoms. The third kappa shape index (κ3) is 3.46. The van der Waals surface area contributed by atoms with Gasteiger partial charge in [-0.05, 0) is 53.6 Å². The van der Waals surface area contributed by atoms with Crippen LogP contribution in [-0.2, 0) is 0 Å². The van der Waals surface area contributed by atoms with Gasteiger partial charge < -0.3 is 4.74 Å². The zero-order valence-electron chi connectivity index (χ0n) is 17.8. The van der Waals surface area contributed by atoms with Crippen molar-refractivity contribution in [3.8, 4) is 28.6 Å². The standard InChI is InChI=1S/C28H17F2N3O/c29-23-13-14-26(30)32-28(23)33-24-9-2-1-8-21(24)22-12-11-19(17-25(22)33)18-6-5-7-20(16-18)34-27-10-3-4-15-31-27/h1-17H. The molecule has 0 saturated heterocycles. The number of hydrogen-bond acceptors (Lipinski definition) is 3. The Morgan fingerprint density at radius 3 is 2.38 bits per heavy atom. The molecule has 0 aliphatic heterocycles. The molecule has 3 heterocycles. The summed E-state index contributed by atoms with van der Waals surface area (Å²) in [5, 5.41) is 1.85. The molecule has 0 aliphatic rings. The normalized spacial score (nSPS) is 11.2. The Balaban J connectivity index is 1.53. The SMILES string of the molecule is Fc1ccc(F)c(-n2c3ccccc3c3ccc(-c4cccc(Oc5ccccn5)c4)cc32)n1. The molecule has 0 bridgehead atoms. The van der Waals surface area contributed by atoms with Gasteiger partial charge in [-0.3, -0.25) is 4.57 Å². The maximum atomic E-state index is 14.8. The Bertz CT molecular complexity index is 1660. The molecule has 6 rings (SSSR count). The maximum Gasteiger partial charge on any atom is 0.219 e. The first kappa shape index (κ1) is 20.1. The molecule has 0 radical (unpaired) electrons. The Labute approximate surface area is 193 Å². The topological polar surface area (TPSA) is 39.9 Å². The van der Waals surface area contributed by atoms with Crippen LogP contribution in [0.1, 0.15) is 0 Å². The predicted molar refractivity (Wildman–Crippen MR) is 128 cm³/mol. The highest BCUT2D eigenvalue weighted by Gasteiger charge is 2.17. The van der Waals surface area contributed by atoms with Crippen LogP contribution in [0.15, 0.2) is 103 Å². The van der Waals surface area contributed by atoms with Crippen LogP contribution in [0.25, 0.3) is 38.8 Å². The molecule has 34 heavy (non-hydrogen) atoms. The van der Waals surface area contributed by atoms with Crippen molar-refractivity contribution >= 4 is 21.8 Å². The summed E-state index contributed by atoms with van der Waals surface area (Å²) in [5.41, 5.74) is 3.30. The van der Waals surface area contributed by atoms with Crippen molar-refractivity contribution in [2.75, 3.05) is 0 Å². The van der Waals surface area contributed by atoms with Gasteiger partial charge in [0.15, 0.2) is 11.6 Å². The number of hydrogen-bond donors (Lipinski definition) is 0. The average Bonchev–Trinajstić information content (AvgIpc) is 3.20. The van der Waals surface area contributed by atoms with E-state index in [0.717, 1.165) is 45.1 Å². The van der Waals surface area contributed by atoms with Crippen LogP contribution in [0.2, 0.25) is 0 Å². The van der Waals surface area contributed by atoms with Gasteiger partial charge in [0.05, 0.1) is 11.0 Å². The van der Waals surface area contributed by atoms with E-state index in [1.807, 2.05) is 78.9 Å². The second-order valence-electron chi connectivity index (χ2n) is 7.82. The fourth-order valence-electron chi connectivity index (χ4n) is 4.21. The van der Waals surface area contributed by atoms with Gasteiger partial charge in [-0.15, -0.1) is 0 Å². The first-order valence-electron chi connectivity index (χ1n) is 10.7. The van der Waals surface area contributed by atoms with Gasteiger partial charge in [-0.25, -0.2) is 9.37 Å². The summed E-state index contributed by atoms with van der Waals surface area (Å²) >= 11 is 0. The number of ether oxygens (including phenoxy) is 1. The van der Waals surface area contributed by atoms with Crippen LogP contribution in [0.3, 0.4) is 0 Å². The Morgan fingerprint density at radius 2 is 1.50 bits per heavy atom. The van der Waals surface area contributed by atoms with Crippen LogP contribution < -0.4 is 4.74 Å². The van der Waals surface area contributed by atoms with Gasteiger partial charge in [-0.1, -0.05) is 48.5 Å². The maximum absolute atomic E-state index is 14.8. The van der Waals surface area contributed by atoms with Crippen LogP contribution in [0.5, 0.6) is 11.6 Å². The van der Waals surface area contributed by atoms with Crippen molar-refractivity contribution < 1.29 is 13.5 Å². The fraction of sp³-hybridized carbons (Fsp3) is 0. The zero-order chi connectivity index (χ0) is 23.1. The molecule has 0 unspecified atom stereocenters. The molecule has 0 fully saturated rings. The molecule has 0 N–H and O–H groups in total. The Hall–Kier alpha value is -4.58. The number of halogens is 2. The number of fused-ring (bicyclic) bond motifs is 3. The zero-order valence-corrected chi connectivity index (χ0v) is 17.8. The van der Waals surface area contributed by atoms with Gasteiger partial charge >= 0.3 is 0 Å². The summed E-state index contributed by atoms with van der Waals surface area (Å²) in [6.45, 7) is 0. The summed E-state index contributed by atoms with van der Waals surface area (Å²) < 4.78 is 36.3. The monoisotopic (exact) mass is 449 g/mol. The third-order valence-electron chi connectivity index (χ3n) is 5.71. The predicted octanol–water partition coefficient (Wildman–Crippen LogP) is 7.31. The second-order valence-corrected chi connectivity index (χ2v) is 7.82. The van der Waals surface area contributed by atoms with E-state index in [-0.39, 0.29) is 5.82 Å². The summed E-state index contributed by atoms with van der Waals surface area (Å²) in [7, 11) is 0. The molecule has 3 aromatic carbocycles. The lowest BCUT2D eigenvalue weighted by molar-refractivity contribution is 0.463. The van der Waals surface area contributed by atoms with E-state index < -0.39 is 11.8 Å². The lowest BCUT2D eigenvalue weighted by Crippen LogP contribution is -2.02. The number of pyridine rings is 2. The third-order valence-corrected chi connectivity index (χ3v) is 5.71. The molecule has 3 aromatic heterocycles. The molecule has 0 saturated carbocycles. The van der Waals surface area contributed by atoms with E-state index in [2.05, 4.69) is 9.97 Å².